The molecule has 0 spiro atoms. The standard InChI is InChI=1S/C24H40O2/c1-14-9-10-23(5)18(11-14)12-15(2)22-19-7-8-21(26-17(4)25)24(19,6)16(3)13-20(22)23/h14-16,18-22H,7-13H2,1-6H3/t14?,15-,16+,18+,19+,20+,21+,22+,23+,24+/m1/s1. The second-order valence-corrected chi connectivity index (χ2v) is 11.3. The number of hydrogen-bond donors (Lipinski definition) is 0. The van der Waals surface area contributed by atoms with Crippen LogP contribution in [0.1, 0.15) is 86.5 Å². The number of rotatable bonds is 1. The van der Waals surface area contributed by atoms with Crippen LogP contribution in [0.15, 0.2) is 0 Å². The van der Waals surface area contributed by atoms with Crippen molar-refractivity contribution in [3.8, 4) is 0 Å². The van der Waals surface area contributed by atoms with Crippen LogP contribution in [-0.2, 0) is 9.53 Å². The Balaban J connectivity index is 1.67. The van der Waals surface area contributed by atoms with Crippen LogP contribution in [0.2, 0.25) is 0 Å². The lowest BCUT2D eigenvalue weighted by atomic mass is 9.41. The third kappa shape index (κ3) is 2.53. The fraction of sp³-hybridized carbons (Fsp3) is 0.958. The highest BCUT2D eigenvalue weighted by atomic mass is 16.5. The monoisotopic (exact) mass is 360 g/mol. The molecule has 4 aliphatic rings. The molecular formula is C24H40O2. The summed E-state index contributed by atoms with van der Waals surface area (Å²) >= 11 is 0. The molecule has 4 saturated carbocycles. The van der Waals surface area contributed by atoms with E-state index in [9.17, 15) is 4.79 Å². The van der Waals surface area contributed by atoms with Gasteiger partial charge < -0.3 is 4.74 Å². The summed E-state index contributed by atoms with van der Waals surface area (Å²) in [5.41, 5.74) is 0.741. The molecule has 2 heteroatoms. The normalized spacial score (nSPS) is 56.2. The van der Waals surface area contributed by atoms with Gasteiger partial charge in [-0.1, -0.05) is 41.0 Å². The minimum absolute atomic E-state index is 0.0869. The van der Waals surface area contributed by atoms with E-state index in [2.05, 4.69) is 34.6 Å². The van der Waals surface area contributed by atoms with Gasteiger partial charge in [0.25, 0.3) is 0 Å². The zero-order chi connectivity index (χ0) is 18.9. The molecule has 148 valence electrons. The van der Waals surface area contributed by atoms with Crippen molar-refractivity contribution in [1.29, 1.82) is 0 Å². The number of esters is 1. The SMILES string of the molecule is CC(=O)O[C@H]1CC[C@H]2[C@@H]3[C@H](C)C[C@@H]4CC(C)CC[C@]4(C)[C@H]3C[C@H](C)[C@]12C. The quantitative estimate of drug-likeness (QED) is 0.529. The second kappa shape index (κ2) is 6.24. The van der Waals surface area contributed by atoms with Crippen LogP contribution in [0.4, 0.5) is 0 Å². The Kier molecular flexibility index (Phi) is 4.52. The minimum Gasteiger partial charge on any atom is -0.462 e. The first-order valence-corrected chi connectivity index (χ1v) is 11.3. The molecule has 0 radical (unpaired) electrons. The minimum atomic E-state index is -0.0869. The van der Waals surface area contributed by atoms with Crippen LogP contribution < -0.4 is 0 Å². The van der Waals surface area contributed by atoms with Gasteiger partial charge in [0, 0.05) is 12.3 Å². The van der Waals surface area contributed by atoms with Crippen molar-refractivity contribution in [2.24, 2.45) is 52.3 Å². The van der Waals surface area contributed by atoms with E-state index in [-0.39, 0.29) is 17.5 Å². The van der Waals surface area contributed by atoms with Crippen LogP contribution in [0.25, 0.3) is 0 Å². The molecule has 1 unspecified atom stereocenters. The number of carbonyl (C=O) groups is 1. The van der Waals surface area contributed by atoms with Crippen LogP contribution in [0.3, 0.4) is 0 Å². The lowest BCUT2D eigenvalue weighted by Crippen LogP contribution is -2.59. The van der Waals surface area contributed by atoms with Gasteiger partial charge in [0.2, 0.25) is 0 Å². The molecule has 4 aliphatic carbocycles. The third-order valence-electron chi connectivity index (χ3n) is 10.1. The zero-order valence-corrected chi connectivity index (χ0v) is 17.9. The second-order valence-electron chi connectivity index (χ2n) is 11.3. The Bertz CT molecular complexity index is 571. The molecule has 0 aromatic rings. The van der Waals surface area contributed by atoms with Crippen LogP contribution in [0, 0.1) is 52.3 Å². The summed E-state index contributed by atoms with van der Waals surface area (Å²) in [6, 6.07) is 0. The summed E-state index contributed by atoms with van der Waals surface area (Å²) in [5.74, 6) is 5.72. The molecule has 2 nitrogen and oxygen atoms in total. The van der Waals surface area contributed by atoms with Gasteiger partial charge in [-0.15, -0.1) is 0 Å². The van der Waals surface area contributed by atoms with Crippen LogP contribution in [0.5, 0.6) is 0 Å². The van der Waals surface area contributed by atoms with E-state index in [0.717, 1.165) is 41.9 Å². The van der Waals surface area contributed by atoms with Crippen molar-refractivity contribution in [2.75, 3.05) is 0 Å². The third-order valence-corrected chi connectivity index (χ3v) is 10.1. The van der Waals surface area contributed by atoms with E-state index in [1.54, 1.807) is 6.92 Å². The Morgan fingerprint density at radius 3 is 2.38 bits per heavy atom. The van der Waals surface area contributed by atoms with Crippen molar-refractivity contribution < 1.29 is 9.53 Å². The van der Waals surface area contributed by atoms with E-state index in [1.807, 2.05) is 0 Å². The smallest absolute Gasteiger partial charge is 0.302 e. The summed E-state index contributed by atoms with van der Waals surface area (Å²) in [5, 5.41) is 0. The number of hydrogen-bond acceptors (Lipinski definition) is 2. The van der Waals surface area contributed by atoms with Crippen LogP contribution in [-0.4, -0.2) is 12.1 Å². The van der Waals surface area contributed by atoms with Gasteiger partial charge in [0.05, 0.1) is 0 Å². The van der Waals surface area contributed by atoms with Crippen molar-refractivity contribution in [1.82, 2.24) is 0 Å². The maximum atomic E-state index is 11.7. The Morgan fingerprint density at radius 1 is 0.962 bits per heavy atom. The summed E-state index contributed by atoms with van der Waals surface area (Å²) in [4.78, 5) is 11.7. The van der Waals surface area contributed by atoms with Gasteiger partial charge >= 0.3 is 5.97 Å². The molecule has 0 N–H and O–H groups in total. The first-order chi connectivity index (χ1) is 12.2. The zero-order valence-electron chi connectivity index (χ0n) is 17.9. The molecule has 0 aromatic carbocycles. The van der Waals surface area contributed by atoms with Gasteiger partial charge in [0.1, 0.15) is 6.10 Å². The molecule has 0 saturated heterocycles. The van der Waals surface area contributed by atoms with Crippen molar-refractivity contribution in [2.45, 2.75) is 92.6 Å². The lowest BCUT2D eigenvalue weighted by Gasteiger charge is -2.64. The molecule has 26 heavy (non-hydrogen) atoms. The van der Waals surface area contributed by atoms with E-state index in [0.29, 0.717) is 11.3 Å². The number of fused-ring (bicyclic) bond motifs is 5. The maximum Gasteiger partial charge on any atom is 0.302 e. The number of carbonyl (C=O) groups excluding carboxylic acids is 1. The highest BCUT2D eigenvalue weighted by Crippen LogP contribution is 2.69. The van der Waals surface area contributed by atoms with Gasteiger partial charge in [-0.25, -0.2) is 0 Å². The molecule has 4 rings (SSSR count). The molecule has 0 heterocycles. The fourth-order valence-corrected chi connectivity index (χ4v) is 8.54. The molecule has 0 aliphatic heterocycles. The van der Waals surface area contributed by atoms with E-state index in [4.69, 9.17) is 4.74 Å². The van der Waals surface area contributed by atoms with Gasteiger partial charge in [-0.3, -0.25) is 4.79 Å². The summed E-state index contributed by atoms with van der Waals surface area (Å²) < 4.78 is 5.88. The first kappa shape index (κ1) is 18.8. The Morgan fingerprint density at radius 2 is 1.69 bits per heavy atom. The fourth-order valence-electron chi connectivity index (χ4n) is 8.54. The summed E-state index contributed by atoms with van der Waals surface area (Å²) in [6.07, 6.45) is 9.59. The van der Waals surface area contributed by atoms with E-state index >= 15 is 0 Å². The highest BCUT2D eigenvalue weighted by molar-refractivity contribution is 5.66. The topological polar surface area (TPSA) is 26.3 Å². The highest BCUT2D eigenvalue weighted by Gasteiger charge is 2.64. The molecule has 4 fully saturated rings. The predicted molar refractivity (Wildman–Crippen MR) is 106 cm³/mol. The van der Waals surface area contributed by atoms with Crippen LogP contribution >= 0.6 is 0 Å². The largest absolute Gasteiger partial charge is 0.462 e. The average Bonchev–Trinajstić information content (AvgIpc) is 2.88. The van der Waals surface area contributed by atoms with Gasteiger partial charge in [0.15, 0.2) is 0 Å². The molecule has 0 aromatic heterocycles. The van der Waals surface area contributed by atoms with E-state index < -0.39 is 0 Å². The van der Waals surface area contributed by atoms with E-state index in [1.165, 1.54) is 38.5 Å². The Hall–Kier alpha value is -0.530. The summed E-state index contributed by atoms with van der Waals surface area (Å²) in [6.45, 7) is 14.2. The first-order valence-electron chi connectivity index (χ1n) is 11.3. The molecule has 10 atom stereocenters. The lowest BCUT2D eigenvalue weighted by molar-refractivity contribution is -0.181. The van der Waals surface area contributed by atoms with Gasteiger partial charge in [-0.05, 0) is 85.4 Å². The van der Waals surface area contributed by atoms with Crippen molar-refractivity contribution in [3.63, 3.8) is 0 Å². The molecule has 0 bridgehead atoms. The molecule has 0 amide bonds. The van der Waals surface area contributed by atoms with Crippen molar-refractivity contribution in [3.05, 3.63) is 0 Å². The average molecular weight is 361 g/mol. The van der Waals surface area contributed by atoms with Gasteiger partial charge in [-0.2, -0.15) is 0 Å². The predicted octanol–water partition coefficient (Wildman–Crippen LogP) is 6.09. The maximum absolute atomic E-state index is 11.7. The summed E-state index contributed by atoms with van der Waals surface area (Å²) in [7, 11) is 0. The molecular weight excluding hydrogens is 320 g/mol. The van der Waals surface area contributed by atoms with Crippen molar-refractivity contribution >= 4 is 5.97 Å². The Labute approximate surface area is 160 Å². The number of ether oxygens (including phenoxy) is 1.